The largest absolute Gasteiger partial charge is 0.389 e. The zero-order chi connectivity index (χ0) is 15.5. The van der Waals surface area contributed by atoms with Gasteiger partial charge in [-0.15, -0.1) is 0 Å². The molecule has 1 aromatic carbocycles. The lowest BCUT2D eigenvalue weighted by Gasteiger charge is -2.18. The molecule has 2 rings (SSSR count). The third kappa shape index (κ3) is 3.77. The smallest absolute Gasteiger partial charge is 0.240 e. The van der Waals surface area contributed by atoms with E-state index in [0.717, 1.165) is 0 Å². The first-order valence-electron chi connectivity index (χ1n) is 6.16. The van der Waals surface area contributed by atoms with Crippen molar-refractivity contribution in [1.29, 1.82) is 0 Å². The van der Waals surface area contributed by atoms with Crippen LogP contribution < -0.4 is 10.0 Å². The van der Waals surface area contributed by atoms with E-state index in [1.165, 1.54) is 11.4 Å². The van der Waals surface area contributed by atoms with Crippen molar-refractivity contribution in [3.8, 4) is 0 Å². The Kier molecular flexibility index (Phi) is 4.54. The molecule has 0 aliphatic rings. The van der Waals surface area contributed by atoms with Gasteiger partial charge >= 0.3 is 0 Å². The van der Waals surface area contributed by atoms with Gasteiger partial charge in [-0.3, -0.25) is 4.31 Å². The van der Waals surface area contributed by atoms with Gasteiger partial charge < -0.3 is 5.73 Å². The molecule has 2 N–H and O–H groups in total. The van der Waals surface area contributed by atoms with E-state index in [1.54, 1.807) is 48.7 Å². The Morgan fingerprint density at radius 1 is 1.24 bits per heavy atom. The highest BCUT2D eigenvalue weighted by atomic mass is 32.2. The van der Waals surface area contributed by atoms with Crippen LogP contribution in [0.2, 0.25) is 0 Å². The highest BCUT2D eigenvalue weighted by Crippen LogP contribution is 2.16. The maximum Gasteiger partial charge on any atom is 0.240 e. The molecule has 21 heavy (non-hydrogen) atoms. The van der Waals surface area contributed by atoms with Gasteiger partial charge in [-0.05, 0) is 17.7 Å². The Morgan fingerprint density at radius 3 is 2.43 bits per heavy atom. The number of hydrogen-bond donors (Lipinski definition) is 1. The number of anilines is 1. The highest BCUT2D eigenvalue weighted by molar-refractivity contribution is 7.92. The number of benzene rings is 1. The second-order valence-corrected chi connectivity index (χ2v) is 6.91. The third-order valence-electron chi connectivity index (χ3n) is 2.98. The molecule has 0 fully saturated rings. The van der Waals surface area contributed by atoms with E-state index in [-0.39, 0.29) is 10.7 Å². The van der Waals surface area contributed by atoms with Crippen LogP contribution in [0.15, 0.2) is 48.7 Å². The minimum atomic E-state index is -3.49. The standard InChI is InChI=1S/C14H15N3O2S2/c1-17(13-4-2-3-9-16-13)21(18,19)10-11-5-7-12(8-6-11)14(15)20/h2-9H,10H2,1H3,(H2,15,20). The van der Waals surface area contributed by atoms with Gasteiger partial charge in [0.15, 0.2) is 0 Å². The minimum absolute atomic E-state index is 0.113. The summed E-state index contributed by atoms with van der Waals surface area (Å²) in [5, 5.41) is 0. The Hall–Kier alpha value is -1.99. The number of hydrogen-bond acceptors (Lipinski definition) is 4. The average Bonchev–Trinajstić information content (AvgIpc) is 2.47. The number of aromatic nitrogens is 1. The molecule has 0 spiro atoms. The van der Waals surface area contributed by atoms with Gasteiger partial charge in [-0.2, -0.15) is 0 Å². The number of nitrogens with two attached hydrogens (primary N) is 1. The van der Waals surface area contributed by atoms with Crippen LogP contribution in [0.3, 0.4) is 0 Å². The first-order valence-corrected chi connectivity index (χ1v) is 8.18. The monoisotopic (exact) mass is 321 g/mol. The molecular formula is C14H15N3O2S2. The lowest BCUT2D eigenvalue weighted by atomic mass is 10.1. The molecular weight excluding hydrogens is 306 g/mol. The van der Waals surface area contributed by atoms with Gasteiger partial charge in [-0.25, -0.2) is 13.4 Å². The van der Waals surface area contributed by atoms with Crippen molar-refractivity contribution in [3.05, 3.63) is 59.8 Å². The normalized spacial score (nSPS) is 11.1. The molecule has 0 aliphatic heterocycles. The first kappa shape index (κ1) is 15.4. The van der Waals surface area contributed by atoms with Gasteiger partial charge in [0.1, 0.15) is 10.8 Å². The second kappa shape index (κ2) is 6.19. The maximum atomic E-state index is 12.4. The lowest BCUT2D eigenvalue weighted by molar-refractivity contribution is 0.593. The summed E-state index contributed by atoms with van der Waals surface area (Å²) in [6.07, 6.45) is 1.55. The zero-order valence-corrected chi connectivity index (χ0v) is 13.1. The van der Waals surface area contributed by atoms with E-state index in [2.05, 4.69) is 4.98 Å². The van der Waals surface area contributed by atoms with E-state index >= 15 is 0 Å². The van der Waals surface area contributed by atoms with Crippen LogP contribution in [0.1, 0.15) is 11.1 Å². The SMILES string of the molecule is CN(c1ccccn1)S(=O)(=O)Cc1ccc(C(N)=S)cc1. The van der Waals surface area contributed by atoms with Crippen molar-refractivity contribution in [1.82, 2.24) is 4.98 Å². The molecule has 0 radical (unpaired) electrons. The fraction of sp³-hybridized carbons (Fsp3) is 0.143. The Bertz CT molecular complexity index is 729. The van der Waals surface area contributed by atoms with Crippen LogP contribution in [0.25, 0.3) is 0 Å². The number of sulfonamides is 1. The van der Waals surface area contributed by atoms with Crippen LogP contribution in [0, 0.1) is 0 Å². The van der Waals surface area contributed by atoms with Crippen molar-refractivity contribution in [3.63, 3.8) is 0 Å². The van der Waals surface area contributed by atoms with E-state index in [9.17, 15) is 8.42 Å². The summed E-state index contributed by atoms with van der Waals surface area (Å²) in [6, 6.07) is 12.0. The van der Waals surface area contributed by atoms with Crippen molar-refractivity contribution in [2.45, 2.75) is 5.75 Å². The Labute approximate surface area is 129 Å². The van der Waals surface area contributed by atoms with Crippen LogP contribution in [0.4, 0.5) is 5.82 Å². The number of pyridine rings is 1. The van der Waals surface area contributed by atoms with Gasteiger partial charge in [0.2, 0.25) is 10.0 Å². The number of nitrogens with zero attached hydrogens (tertiary/aromatic N) is 2. The molecule has 7 heteroatoms. The molecule has 0 saturated heterocycles. The van der Waals surface area contributed by atoms with Gasteiger partial charge in [-0.1, -0.05) is 42.5 Å². The molecule has 1 heterocycles. The molecule has 0 amide bonds. The van der Waals surface area contributed by atoms with Gasteiger partial charge in [0.05, 0.1) is 5.75 Å². The molecule has 0 aliphatic carbocycles. The summed E-state index contributed by atoms with van der Waals surface area (Å²) < 4.78 is 25.9. The van der Waals surface area contributed by atoms with Crippen molar-refractivity contribution < 1.29 is 8.42 Å². The van der Waals surface area contributed by atoms with Crippen LogP contribution in [0.5, 0.6) is 0 Å². The fourth-order valence-electron chi connectivity index (χ4n) is 1.76. The van der Waals surface area contributed by atoms with Crippen molar-refractivity contribution in [2.24, 2.45) is 5.73 Å². The summed E-state index contributed by atoms with van der Waals surface area (Å²) in [6.45, 7) is 0. The molecule has 1 aromatic heterocycles. The topological polar surface area (TPSA) is 76.3 Å². The Morgan fingerprint density at radius 2 is 1.90 bits per heavy atom. The highest BCUT2D eigenvalue weighted by Gasteiger charge is 2.19. The fourth-order valence-corrected chi connectivity index (χ4v) is 3.09. The molecule has 0 bridgehead atoms. The average molecular weight is 321 g/mol. The quantitative estimate of drug-likeness (QED) is 0.848. The van der Waals surface area contributed by atoms with Gasteiger partial charge in [0.25, 0.3) is 0 Å². The van der Waals surface area contributed by atoms with E-state index < -0.39 is 10.0 Å². The molecule has 0 unspecified atom stereocenters. The van der Waals surface area contributed by atoms with Crippen molar-refractivity contribution in [2.75, 3.05) is 11.4 Å². The molecule has 110 valence electrons. The second-order valence-electron chi connectivity index (χ2n) is 4.47. The van der Waals surface area contributed by atoms with E-state index in [0.29, 0.717) is 16.9 Å². The summed E-state index contributed by atoms with van der Waals surface area (Å²) in [4.78, 5) is 4.32. The maximum absolute atomic E-state index is 12.4. The lowest BCUT2D eigenvalue weighted by Crippen LogP contribution is -2.28. The summed E-state index contributed by atoms with van der Waals surface area (Å²) in [5.74, 6) is 0.273. The predicted molar refractivity (Wildman–Crippen MR) is 87.6 cm³/mol. The molecule has 2 aromatic rings. The van der Waals surface area contributed by atoms with Crippen molar-refractivity contribution >= 4 is 33.0 Å². The summed E-state index contributed by atoms with van der Waals surface area (Å²) in [7, 11) is -2.01. The van der Waals surface area contributed by atoms with Crippen LogP contribution >= 0.6 is 12.2 Å². The number of thiocarbonyl (C=S) groups is 1. The Balaban J connectivity index is 2.19. The molecule has 0 saturated carbocycles. The number of rotatable bonds is 5. The minimum Gasteiger partial charge on any atom is -0.389 e. The van der Waals surface area contributed by atoms with Crippen LogP contribution in [-0.2, 0) is 15.8 Å². The summed E-state index contributed by atoms with van der Waals surface area (Å²) >= 11 is 4.86. The molecule has 5 nitrogen and oxygen atoms in total. The third-order valence-corrected chi connectivity index (χ3v) is 4.93. The predicted octanol–water partition coefficient (Wildman–Crippen LogP) is 1.68. The van der Waals surface area contributed by atoms with E-state index in [1.807, 2.05) is 0 Å². The summed E-state index contributed by atoms with van der Waals surface area (Å²) in [5.41, 5.74) is 6.89. The molecule has 0 atom stereocenters. The van der Waals surface area contributed by atoms with Crippen LogP contribution in [-0.4, -0.2) is 25.4 Å². The van der Waals surface area contributed by atoms with E-state index in [4.69, 9.17) is 18.0 Å². The zero-order valence-electron chi connectivity index (χ0n) is 11.4. The first-order chi connectivity index (χ1) is 9.90. The van der Waals surface area contributed by atoms with Gasteiger partial charge in [0, 0.05) is 18.8 Å².